The molecule has 2 nitrogen and oxygen atoms in total. The molecule has 0 radical (unpaired) electrons. The molecule has 1 heterocycles. The number of benzene rings is 1. The number of hydrogen-bond donors (Lipinski definition) is 0. The lowest BCUT2D eigenvalue weighted by molar-refractivity contribution is 0.420. The normalized spacial score (nSPS) is 10.4. The molecule has 0 aliphatic rings. The molecule has 1 aromatic carbocycles. The molecule has 1 aromatic heterocycles. The zero-order valence-corrected chi connectivity index (χ0v) is 10.5. The zero-order chi connectivity index (χ0) is 12.4. The highest BCUT2D eigenvalue weighted by molar-refractivity contribution is 9.10. The summed E-state index contributed by atoms with van der Waals surface area (Å²) in [5.74, 6) is -1.20. The van der Waals surface area contributed by atoms with Crippen molar-refractivity contribution in [2.45, 2.75) is 6.92 Å². The summed E-state index contributed by atoms with van der Waals surface area (Å²) in [5.41, 5.74) is 0.934. The molecule has 0 aliphatic carbocycles. The van der Waals surface area contributed by atoms with Crippen molar-refractivity contribution >= 4 is 15.9 Å². The summed E-state index contributed by atoms with van der Waals surface area (Å²) >= 11 is 3.24. The van der Waals surface area contributed by atoms with Crippen molar-refractivity contribution in [2.24, 2.45) is 0 Å². The highest BCUT2D eigenvalue weighted by Crippen LogP contribution is 2.29. The van der Waals surface area contributed by atoms with E-state index in [1.165, 1.54) is 0 Å². The monoisotopic (exact) mass is 299 g/mol. The van der Waals surface area contributed by atoms with Crippen LogP contribution in [0.4, 0.5) is 8.78 Å². The van der Waals surface area contributed by atoms with Crippen molar-refractivity contribution in [2.75, 3.05) is 0 Å². The SMILES string of the molecule is Cc1cnc(Oc2cc(F)ccc2F)c(Br)c1. The minimum Gasteiger partial charge on any atom is -0.435 e. The van der Waals surface area contributed by atoms with E-state index >= 15 is 0 Å². The van der Waals surface area contributed by atoms with Gasteiger partial charge < -0.3 is 4.74 Å². The van der Waals surface area contributed by atoms with Crippen LogP contribution in [-0.2, 0) is 0 Å². The second-order valence-electron chi connectivity index (χ2n) is 3.48. The number of hydrogen-bond acceptors (Lipinski definition) is 2. The van der Waals surface area contributed by atoms with Gasteiger partial charge in [0.2, 0.25) is 5.88 Å². The number of nitrogens with zero attached hydrogens (tertiary/aromatic N) is 1. The summed E-state index contributed by atoms with van der Waals surface area (Å²) in [5, 5.41) is 0. The Morgan fingerprint density at radius 3 is 2.71 bits per heavy atom. The summed E-state index contributed by atoms with van der Waals surface area (Å²) in [4.78, 5) is 3.99. The molecule has 5 heteroatoms. The quantitative estimate of drug-likeness (QED) is 0.828. The van der Waals surface area contributed by atoms with Crippen molar-refractivity contribution in [1.29, 1.82) is 0 Å². The first kappa shape index (κ1) is 12.0. The first-order chi connectivity index (χ1) is 8.06. The predicted octanol–water partition coefficient (Wildman–Crippen LogP) is 4.22. The van der Waals surface area contributed by atoms with Crippen LogP contribution in [0.15, 0.2) is 34.9 Å². The number of rotatable bonds is 2. The van der Waals surface area contributed by atoms with Crippen LogP contribution < -0.4 is 4.74 Å². The van der Waals surface area contributed by atoms with Gasteiger partial charge in [0.05, 0.1) is 4.47 Å². The Hall–Kier alpha value is -1.49. The number of aryl methyl sites for hydroxylation is 1. The molecule has 0 spiro atoms. The summed E-state index contributed by atoms with van der Waals surface area (Å²) in [7, 11) is 0. The molecule has 17 heavy (non-hydrogen) atoms. The van der Waals surface area contributed by atoms with E-state index in [4.69, 9.17) is 4.74 Å². The Morgan fingerprint density at radius 2 is 2.00 bits per heavy atom. The van der Waals surface area contributed by atoms with Gasteiger partial charge in [0, 0.05) is 12.3 Å². The van der Waals surface area contributed by atoms with Crippen molar-refractivity contribution < 1.29 is 13.5 Å². The second-order valence-corrected chi connectivity index (χ2v) is 4.33. The Bertz CT molecular complexity index is 560. The van der Waals surface area contributed by atoms with Gasteiger partial charge in [0.25, 0.3) is 0 Å². The van der Waals surface area contributed by atoms with Crippen molar-refractivity contribution in [3.8, 4) is 11.6 Å². The second kappa shape index (κ2) is 4.79. The predicted molar refractivity (Wildman–Crippen MR) is 63.1 cm³/mol. The number of aromatic nitrogens is 1. The minimum absolute atomic E-state index is 0.193. The maximum atomic E-state index is 13.3. The number of pyridine rings is 1. The lowest BCUT2D eigenvalue weighted by Crippen LogP contribution is -1.93. The number of ether oxygens (including phenoxy) is 1. The number of halogens is 3. The molecule has 0 saturated carbocycles. The Labute approximate surface area is 105 Å². The van der Waals surface area contributed by atoms with E-state index in [1.807, 2.05) is 6.92 Å². The molecule has 0 fully saturated rings. The van der Waals surface area contributed by atoms with Crippen molar-refractivity contribution in [3.05, 3.63) is 52.1 Å². The van der Waals surface area contributed by atoms with E-state index in [1.54, 1.807) is 12.3 Å². The van der Waals surface area contributed by atoms with Crippen LogP contribution in [0.5, 0.6) is 11.6 Å². The molecule has 2 rings (SSSR count). The molecule has 0 bridgehead atoms. The average Bonchev–Trinajstić information content (AvgIpc) is 2.27. The Morgan fingerprint density at radius 1 is 1.24 bits per heavy atom. The van der Waals surface area contributed by atoms with E-state index in [0.717, 1.165) is 23.8 Å². The maximum Gasteiger partial charge on any atom is 0.233 e. The fraction of sp³-hybridized carbons (Fsp3) is 0.0833. The summed E-state index contributed by atoms with van der Waals surface area (Å²) in [6.45, 7) is 1.87. The van der Waals surface area contributed by atoms with Crippen LogP contribution in [0, 0.1) is 18.6 Å². The minimum atomic E-state index is -0.638. The van der Waals surface area contributed by atoms with Gasteiger partial charge in [0.1, 0.15) is 5.82 Å². The fourth-order valence-corrected chi connectivity index (χ4v) is 1.80. The van der Waals surface area contributed by atoms with E-state index in [0.29, 0.717) is 4.47 Å². The molecule has 2 aromatic rings. The first-order valence-electron chi connectivity index (χ1n) is 4.81. The average molecular weight is 300 g/mol. The lowest BCUT2D eigenvalue weighted by atomic mass is 10.3. The topological polar surface area (TPSA) is 22.1 Å². The van der Waals surface area contributed by atoms with E-state index in [9.17, 15) is 8.78 Å². The van der Waals surface area contributed by atoms with Gasteiger partial charge in [-0.3, -0.25) is 0 Å². The van der Waals surface area contributed by atoms with Crippen LogP contribution >= 0.6 is 15.9 Å². The molecule has 88 valence electrons. The largest absolute Gasteiger partial charge is 0.435 e. The van der Waals surface area contributed by atoms with Gasteiger partial charge in [0.15, 0.2) is 11.6 Å². The van der Waals surface area contributed by atoms with Gasteiger partial charge in [-0.1, -0.05) is 0 Å². The molecular weight excluding hydrogens is 292 g/mol. The lowest BCUT2D eigenvalue weighted by Gasteiger charge is -2.07. The third kappa shape index (κ3) is 2.79. The first-order valence-corrected chi connectivity index (χ1v) is 5.60. The summed E-state index contributed by atoms with van der Waals surface area (Å²) in [6.07, 6.45) is 1.58. The standard InChI is InChI=1S/C12H8BrF2NO/c1-7-4-9(13)12(16-6-7)17-11-5-8(14)2-3-10(11)15/h2-6H,1H3. The van der Waals surface area contributed by atoms with Gasteiger partial charge in [-0.2, -0.15) is 0 Å². The van der Waals surface area contributed by atoms with E-state index in [-0.39, 0.29) is 11.6 Å². The molecule has 0 saturated heterocycles. The molecule has 0 unspecified atom stereocenters. The summed E-state index contributed by atoms with van der Waals surface area (Å²) in [6, 6.07) is 4.79. The van der Waals surface area contributed by atoms with Crippen LogP contribution in [0.1, 0.15) is 5.56 Å². The van der Waals surface area contributed by atoms with E-state index in [2.05, 4.69) is 20.9 Å². The van der Waals surface area contributed by atoms with Gasteiger partial charge in [-0.25, -0.2) is 13.8 Å². The third-order valence-corrected chi connectivity index (χ3v) is 2.61. The molecular formula is C12H8BrF2NO. The molecule has 0 N–H and O–H groups in total. The summed E-state index contributed by atoms with van der Waals surface area (Å²) < 4.78 is 32.1. The van der Waals surface area contributed by atoms with Gasteiger partial charge in [-0.15, -0.1) is 0 Å². The fourth-order valence-electron chi connectivity index (χ4n) is 1.26. The third-order valence-electron chi connectivity index (χ3n) is 2.04. The van der Waals surface area contributed by atoms with Crippen LogP contribution in [-0.4, -0.2) is 4.98 Å². The smallest absolute Gasteiger partial charge is 0.233 e. The zero-order valence-electron chi connectivity index (χ0n) is 8.88. The van der Waals surface area contributed by atoms with E-state index < -0.39 is 11.6 Å². The van der Waals surface area contributed by atoms with Gasteiger partial charge >= 0.3 is 0 Å². The van der Waals surface area contributed by atoms with Crippen molar-refractivity contribution in [1.82, 2.24) is 4.98 Å². The Balaban J connectivity index is 2.34. The molecule has 0 amide bonds. The molecule has 0 atom stereocenters. The van der Waals surface area contributed by atoms with Crippen LogP contribution in [0.3, 0.4) is 0 Å². The Kier molecular flexibility index (Phi) is 3.38. The van der Waals surface area contributed by atoms with Crippen LogP contribution in [0.25, 0.3) is 0 Å². The molecule has 0 aliphatic heterocycles. The highest BCUT2D eigenvalue weighted by Gasteiger charge is 2.09. The maximum absolute atomic E-state index is 13.3. The van der Waals surface area contributed by atoms with Crippen molar-refractivity contribution in [3.63, 3.8) is 0 Å². The van der Waals surface area contributed by atoms with Crippen LogP contribution in [0.2, 0.25) is 0 Å². The highest BCUT2D eigenvalue weighted by atomic mass is 79.9. The van der Waals surface area contributed by atoms with Gasteiger partial charge in [-0.05, 0) is 46.6 Å².